The second-order valence-electron chi connectivity index (χ2n) is 6.77. The van der Waals surface area contributed by atoms with Gasteiger partial charge in [-0.2, -0.15) is 0 Å². The predicted octanol–water partition coefficient (Wildman–Crippen LogP) is 3.84. The first-order valence-electron chi connectivity index (χ1n) is 7.33. The number of rotatable bonds is 5. The van der Waals surface area contributed by atoms with E-state index in [2.05, 4.69) is 26.1 Å². The van der Waals surface area contributed by atoms with E-state index in [0.717, 1.165) is 17.8 Å². The molecule has 0 amide bonds. The molecule has 0 aromatic carbocycles. The minimum atomic E-state index is 0.682. The molecule has 1 N–H and O–H groups in total. The molecule has 0 heterocycles. The SMILES string of the molecule is CC1CCC(CNCC2(C(C)C)CC2)CC1. The van der Waals surface area contributed by atoms with E-state index in [-0.39, 0.29) is 0 Å². The van der Waals surface area contributed by atoms with Crippen LogP contribution in [0.15, 0.2) is 0 Å². The van der Waals surface area contributed by atoms with Crippen LogP contribution >= 0.6 is 0 Å². The average Bonchev–Trinajstić information content (AvgIpc) is 3.02. The topological polar surface area (TPSA) is 12.0 Å². The van der Waals surface area contributed by atoms with Gasteiger partial charge in [-0.15, -0.1) is 0 Å². The molecule has 2 rings (SSSR count). The van der Waals surface area contributed by atoms with Crippen LogP contribution in [0.1, 0.15) is 59.3 Å². The van der Waals surface area contributed by atoms with Crippen molar-refractivity contribution in [2.45, 2.75) is 59.3 Å². The fraction of sp³-hybridized carbons (Fsp3) is 1.00. The van der Waals surface area contributed by atoms with E-state index in [0.29, 0.717) is 5.41 Å². The van der Waals surface area contributed by atoms with E-state index in [1.807, 2.05) is 0 Å². The van der Waals surface area contributed by atoms with Crippen LogP contribution in [0, 0.1) is 23.2 Å². The monoisotopic (exact) mass is 223 g/mol. The molecule has 1 heteroatoms. The molecule has 0 bridgehead atoms. The van der Waals surface area contributed by atoms with Gasteiger partial charge in [0.05, 0.1) is 0 Å². The Morgan fingerprint density at radius 3 is 2.25 bits per heavy atom. The highest BCUT2D eigenvalue weighted by Gasteiger charge is 2.44. The van der Waals surface area contributed by atoms with Gasteiger partial charge in [-0.05, 0) is 55.4 Å². The summed E-state index contributed by atoms with van der Waals surface area (Å²) in [6, 6.07) is 0. The molecule has 2 aliphatic rings. The fourth-order valence-corrected chi connectivity index (χ4v) is 3.18. The summed E-state index contributed by atoms with van der Waals surface area (Å²) >= 11 is 0. The third-order valence-electron chi connectivity index (χ3n) is 5.16. The molecule has 0 aromatic heterocycles. The zero-order valence-corrected chi connectivity index (χ0v) is 11.4. The molecule has 0 spiro atoms. The lowest BCUT2D eigenvalue weighted by Crippen LogP contribution is -2.32. The molecule has 0 saturated heterocycles. The molecule has 0 atom stereocenters. The Bertz CT molecular complexity index is 209. The Morgan fingerprint density at radius 2 is 1.75 bits per heavy atom. The van der Waals surface area contributed by atoms with Crippen molar-refractivity contribution in [2.75, 3.05) is 13.1 Å². The first-order chi connectivity index (χ1) is 7.62. The van der Waals surface area contributed by atoms with Gasteiger partial charge in [-0.25, -0.2) is 0 Å². The van der Waals surface area contributed by atoms with Crippen molar-refractivity contribution in [1.29, 1.82) is 0 Å². The quantitative estimate of drug-likeness (QED) is 0.747. The molecule has 2 saturated carbocycles. The van der Waals surface area contributed by atoms with E-state index in [9.17, 15) is 0 Å². The fourth-order valence-electron chi connectivity index (χ4n) is 3.18. The van der Waals surface area contributed by atoms with Gasteiger partial charge in [0.25, 0.3) is 0 Å². The van der Waals surface area contributed by atoms with Gasteiger partial charge < -0.3 is 5.32 Å². The van der Waals surface area contributed by atoms with Crippen LogP contribution in [0.3, 0.4) is 0 Å². The molecule has 0 aliphatic heterocycles. The number of nitrogens with one attached hydrogen (secondary N) is 1. The second-order valence-corrected chi connectivity index (χ2v) is 6.77. The Kier molecular flexibility index (Phi) is 3.94. The Balaban J connectivity index is 1.61. The van der Waals surface area contributed by atoms with Crippen molar-refractivity contribution in [3.05, 3.63) is 0 Å². The van der Waals surface area contributed by atoms with Gasteiger partial charge in [0, 0.05) is 6.54 Å². The third-order valence-corrected chi connectivity index (χ3v) is 5.16. The Hall–Kier alpha value is -0.0400. The lowest BCUT2D eigenvalue weighted by molar-refractivity contribution is 0.265. The van der Waals surface area contributed by atoms with E-state index >= 15 is 0 Å². The lowest BCUT2D eigenvalue weighted by Gasteiger charge is -2.28. The largest absolute Gasteiger partial charge is 0.316 e. The molecule has 16 heavy (non-hydrogen) atoms. The van der Waals surface area contributed by atoms with Crippen LogP contribution in [0.5, 0.6) is 0 Å². The molecular formula is C15H29N. The molecule has 94 valence electrons. The van der Waals surface area contributed by atoms with Gasteiger partial charge in [0.15, 0.2) is 0 Å². The smallest absolute Gasteiger partial charge is 0.00104 e. The first-order valence-corrected chi connectivity index (χ1v) is 7.33. The Labute approximate surface area is 101 Å². The highest BCUT2D eigenvalue weighted by molar-refractivity contribution is 4.97. The maximum absolute atomic E-state index is 3.75. The molecule has 0 unspecified atom stereocenters. The van der Waals surface area contributed by atoms with Crippen LogP contribution in [0.25, 0.3) is 0 Å². The van der Waals surface area contributed by atoms with Gasteiger partial charge in [0.1, 0.15) is 0 Å². The van der Waals surface area contributed by atoms with Crippen molar-refractivity contribution in [1.82, 2.24) is 5.32 Å². The zero-order valence-electron chi connectivity index (χ0n) is 11.4. The minimum absolute atomic E-state index is 0.682. The summed E-state index contributed by atoms with van der Waals surface area (Å²) < 4.78 is 0. The molecule has 1 nitrogen and oxygen atoms in total. The first kappa shape index (κ1) is 12.4. The molecule has 2 aliphatic carbocycles. The number of hydrogen-bond donors (Lipinski definition) is 1. The Morgan fingerprint density at radius 1 is 1.12 bits per heavy atom. The van der Waals surface area contributed by atoms with Gasteiger partial charge in [-0.1, -0.05) is 33.6 Å². The van der Waals surface area contributed by atoms with Crippen LogP contribution in [0.4, 0.5) is 0 Å². The third kappa shape index (κ3) is 3.00. The summed E-state index contributed by atoms with van der Waals surface area (Å²) in [6.07, 6.45) is 8.76. The normalized spacial score (nSPS) is 33.0. The molecule has 0 radical (unpaired) electrons. The van der Waals surface area contributed by atoms with Crippen molar-refractivity contribution in [3.8, 4) is 0 Å². The van der Waals surface area contributed by atoms with Crippen molar-refractivity contribution >= 4 is 0 Å². The van der Waals surface area contributed by atoms with Crippen molar-refractivity contribution in [3.63, 3.8) is 0 Å². The minimum Gasteiger partial charge on any atom is -0.316 e. The van der Waals surface area contributed by atoms with E-state index in [1.165, 1.54) is 51.6 Å². The van der Waals surface area contributed by atoms with Crippen LogP contribution in [-0.4, -0.2) is 13.1 Å². The molecular weight excluding hydrogens is 194 g/mol. The highest BCUT2D eigenvalue weighted by atomic mass is 14.9. The predicted molar refractivity (Wildman–Crippen MR) is 70.5 cm³/mol. The summed E-state index contributed by atoms with van der Waals surface area (Å²) in [7, 11) is 0. The maximum atomic E-state index is 3.75. The summed E-state index contributed by atoms with van der Waals surface area (Å²) in [4.78, 5) is 0. The number of hydrogen-bond acceptors (Lipinski definition) is 1. The zero-order chi connectivity index (χ0) is 11.6. The summed E-state index contributed by atoms with van der Waals surface area (Å²) in [5.74, 6) is 2.83. The van der Waals surface area contributed by atoms with Crippen LogP contribution in [0.2, 0.25) is 0 Å². The van der Waals surface area contributed by atoms with Crippen molar-refractivity contribution < 1.29 is 0 Å². The standard InChI is InChI=1S/C15H29N/c1-12(2)15(8-9-15)11-16-10-14-6-4-13(3)5-7-14/h12-14,16H,4-11H2,1-3H3. The lowest BCUT2D eigenvalue weighted by atomic mass is 9.83. The molecule has 0 aromatic rings. The van der Waals surface area contributed by atoms with Gasteiger partial charge >= 0.3 is 0 Å². The summed E-state index contributed by atoms with van der Waals surface area (Å²) in [5, 5.41) is 3.75. The van der Waals surface area contributed by atoms with Crippen LogP contribution in [-0.2, 0) is 0 Å². The average molecular weight is 223 g/mol. The highest BCUT2D eigenvalue weighted by Crippen LogP contribution is 2.51. The van der Waals surface area contributed by atoms with E-state index in [1.54, 1.807) is 0 Å². The van der Waals surface area contributed by atoms with Crippen LogP contribution < -0.4 is 5.32 Å². The van der Waals surface area contributed by atoms with E-state index in [4.69, 9.17) is 0 Å². The summed E-state index contributed by atoms with van der Waals surface area (Å²) in [6.45, 7) is 9.73. The van der Waals surface area contributed by atoms with E-state index < -0.39 is 0 Å². The van der Waals surface area contributed by atoms with Crippen molar-refractivity contribution in [2.24, 2.45) is 23.2 Å². The molecule has 2 fully saturated rings. The second kappa shape index (κ2) is 5.08. The summed E-state index contributed by atoms with van der Waals surface area (Å²) in [5.41, 5.74) is 0.682. The maximum Gasteiger partial charge on any atom is 0.00104 e. The van der Waals surface area contributed by atoms with Gasteiger partial charge in [0.2, 0.25) is 0 Å². The van der Waals surface area contributed by atoms with Gasteiger partial charge in [-0.3, -0.25) is 0 Å².